The Balaban J connectivity index is 1.40. The Labute approximate surface area is 162 Å². The minimum atomic E-state index is -3.38. The molecule has 3 heterocycles. The first-order valence-corrected chi connectivity index (χ1v) is 11.0. The standard InChI is InChI=1S/C20H20N4O3S/c25-20(13-6-9-18-19(10-13)22-23-21-18)24-14-7-8-15(24)12-17(11-14)28(26,27)16-4-2-1-3-5-16/h1-6,9-10,14-15,17H,7-8,11-12H2,(H,21,22,23). The number of aromatic amines is 1. The molecule has 1 amide bonds. The van der Waals surface area contributed by atoms with Gasteiger partial charge >= 0.3 is 0 Å². The Hall–Kier alpha value is -2.74. The summed E-state index contributed by atoms with van der Waals surface area (Å²) in [4.78, 5) is 15.4. The van der Waals surface area contributed by atoms with Gasteiger partial charge < -0.3 is 4.90 Å². The molecule has 0 radical (unpaired) electrons. The minimum absolute atomic E-state index is 0.0391. The van der Waals surface area contributed by atoms with Crippen molar-refractivity contribution >= 4 is 26.8 Å². The molecule has 0 spiro atoms. The minimum Gasteiger partial charge on any atom is -0.333 e. The molecule has 2 bridgehead atoms. The summed E-state index contributed by atoms with van der Waals surface area (Å²) < 4.78 is 26.1. The van der Waals surface area contributed by atoms with Crippen molar-refractivity contribution < 1.29 is 13.2 Å². The number of fused-ring (bicyclic) bond motifs is 3. The van der Waals surface area contributed by atoms with Crippen LogP contribution >= 0.6 is 0 Å². The largest absolute Gasteiger partial charge is 0.333 e. The second kappa shape index (κ2) is 6.41. The molecule has 5 rings (SSSR count). The number of hydrogen-bond donors (Lipinski definition) is 1. The number of amides is 1. The molecule has 2 saturated heterocycles. The van der Waals surface area contributed by atoms with E-state index in [4.69, 9.17) is 0 Å². The number of nitrogens with zero attached hydrogens (tertiary/aromatic N) is 3. The fraction of sp³-hybridized carbons (Fsp3) is 0.350. The number of hydrogen-bond acceptors (Lipinski definition) is 5. The van der Waals surface area contributed by atoms with Crippen molar-refractivity contribution in [3.05, 3.63) is 54.1 Å². The van der Waals surface area contributed by atoms with Crippen LogP contribution in [0.15, 0.2) is 53.4 Å². The molecule has 2 aliphatic heterocycles. The highest BCUT2D eigenvalue weighted by atomic mass is 32.2. The fourth-order valence-electron chi connectivity index (χ4n) is 4.64. The van der Waals surface area contributed by atoms with E-state index in [2.05, 4.69) is 15.4 Å². The van der Waals surface area contributed by atoms with Crippen molar-refractivity contribution in [2.75, 3.05) is 0 Å². The van der Waals surface area contributed by atoms with Crippen molar-refractivity contribution in [3.63, 3.8) is 0 Å². The van der Waals surface area contributed by atoms with Crippen molar-refractivity contribution in [2.24, 2.45) is 0 Å². The van der Waals surface area contributed by atoms with Crippen LogP contribution in [-0.2, 0) is 9.84 Å². The zero-order chi connectivity index (χ0) is 19.3. The SMILES string of the molecule is O=C(c1ccc2n[nH]nc2c1)N1C2CCC1CC(S(=O)(=O)c1ccccc1)C2. The monoisotopic (exact) mass is 396 g/mol. The van der Waals surface area contributed by atoms with E-state index in [0.29, 0.717) is 34.3 Å². The molecule has 28 heavy (non-hydrogen) atoms. The highest BCUT2D eigenvalue weighted by molar-refractivity contribution is 7.92. The van der Waals surface area contributed by atoms with Crippen LogP contribution in [0, 0.1) is 0 Å². The molecule has 2 unspecified atom stereocenters. The number of carbonyl (C=O) groups is 1. The van der Waals surface area contributed by atoms with E-state index in [-0.39, 0.29) is 18.0 Å². The van der Waals surface area contributed by atoms with Gasteiger partial charge in [0.1, 0.15) is 11.0 Å². The van der Waals surface area contributed by atoms with E-state index < -0.39 is 15.1 Å². The van der Waals surface area contributed by atoms with Gasteiger partial charge in [0.25, 0.3) is 5.91 Å². The predicted octanol–water partition coefficient (Wildman–Crippen LogP) is 2.57. The molecule has 2 atom stereocenters. The van der Waals surface area contributed by atoms with Crippen LogP contribution in [0.5, 0.6) is 0 Å². The van der Waals surface area contributed by atoms with Crippen molar-refractivity contribution in [2.45, 2.75) is 47.9 Å². The molecule has 0 aliphatic carbocycles. The van der Waals surface area contributed by atoms with E-state index in [1.165, 1.54) is 0 Å². The lowest BCUT2D eigenvalue weighted by Crippen LogP contribution is -2.49. The van der Waals surface area contributed by atoms with Crippen LogP contribution in [0.1, 0.15) is 36.0 Å². The van der Waals surface area contributed by atoms with E-state index in [1.807, 2.05) is 11.0 Å². The van der Waals surface area contributed by atoms with Crippen LogP contribution in [-0.4, -0.2) is 52.0 Å². The van der Waals surface area contributed by atoms with Gasteiger partial charge in [-0.05, 0) is 56.0 Å². The lowest BCUT2D eigenvalue weighted by molar-refractivity contribution is 0.0598. The second-order valence-corrected chi connectivity index (χ2v) is 9.80. The quantitative estimate of drug-likeness (QED) is 0.734. The van der Waals surface area contributed by atoms with Crippen LogP contribution in [0.4, 0.5) is 0 Å². The topological polar surface area (TPSA) is 96.0 Å². The predicted molar refractivity (Wildman–Crippen MR) is 104 cm³/mol. The molecule has 2 fully saturated rings. The molecule has 3 aromatic rings. The van der Waals surface area contributed by atoms with Crippen LogP contribution in [0.2, 0.25) is 0 Å². The Kier molecular flexibility index (Phi) is 3.97. The lowest BCUT2D eigenvalue weighted by atomic mass is 10.0. The van der Waals surface area contributed by atoms with Gasteiger partial charge in [-0.2, -0.15) is 15.4 Å². The van der Waals surface area contributed by atoms with E-state index in [0.717, 1.165) is 12.8 Å². The second-order valence-electron chi connectivity index (χ2n) is 7.58. The summed E-state index contributed by atoms with van der Waals surface area (Å²) in [5.41, 5.74) is 1.94. The third kappa shape index (κ3) is 2.71. The molecule has 2 aromatic carbocycles. The fourth-order valence-corrected chi connectivity index (χ4v) is 6.51. The number of aromatic nitrogens is 3. The summed E-state index contributed by atoms with van der Waals surface area (Å²) in [7, 11) is -3.38. The molecule has 7 nitrogen and oxygen atoms in total. The zero-order valence-electron chi connectivity index (χ0n) is 15.2. The van der Waals surface area contributed by atoms with Gasteiger partial charge in [0.05, 0.1) is 10.1 Å². The van der Waals surface area contributed by atoms with E-state index in [1.54, 1.807) is 42.5 Å². The number of benzene rings is 2. The molecular formula is C20H20N4O3S. The van der Waals surface area contributed by atoms with Crippen LogP contribution in [0.25, 0.3) is 11.0 Å². The first-order chi connectivity index (χ1) is 13.5. The Morgan fingerprint density at radius 2 is 1.64 bits per heavy atom. The highest BCUT2D eigenvalue weighted by Crippen LogP contribution is 2.40. The van der Waals surface area contributed by atoms with E-state index in [9.17, 15) is 13.2 Å². The average Bonchev–Trinajstić information content (AvgIpc) is 3.29. The van der Waals surface area contributed by atoms with Gasteiger partial charge in [0.15, 0.2) is 9.84 Å². The first kappa shape index (κ1) is 17.4. The van der Waals surface area contributed by atoms with E-state index >= 15 is 0 Å². The third-order valence-electron chi connectivity index (χ3n) is 6.00. The van der Waals surface area contributed by atoms with Gasteiger partial charge in [0.2, 0.25) is 0 Å². The summed E-state index contributed by atoms with van der Waals surface area (Å²) >= 11 is 0. The van der Waals surface area contributed by atoms with Crippen LogP contribution in [0.3, 0.4) is 0 Å². The van der Waals surface area contributed by atoms with Gasteiger partial charge in [-0.1, -0.05) is 18.2 Å². The number of rotatable bonds is 3. The number of nitrogens with one attached hydrogen (secondary N) is 1. The van der Waals surface area contributed by atoms with Crippen molar-refractivity contribution in [3.8, 4) is 0 Å². The molecule has 2 aliphatic rings. The molecule has 0 saturated carbocycles. The Morgan fingerprint density at radius 1 is 0.964 bits per heavy atom. The summed E-state index contributed by atoms with van der Waals surface area (Å²) in [6.45, 7) is 0. The Bertz CT molecular complexity index is 1130. The van der Waals surface area contributed by atoms with Crippen molar-refractivity contribution in [1.82, 2.24) is 20.3 Å². The number of sulfone groups is 1. The maximum atomic E-state index is 13.2. The summed E-state index contributed by atoms with van der Waals surface area (Å²) in [6, 6.07) is 13.8. The average molecular weight is 396 g/mol. The summed E-state index contributed by atoms with van der Waals surface area (Å²) in [5.74, 6) is -0.0482. The van der Waals surface area contributed by atoms with Crippen molar-refractivity contribution in [1.29, 1.82) is 0 Å². The molecule has 8 heteroatoms. The molecule has 144 valence electrons. The number of H-pyrrole nitrogens is 1. The normalized spacial score (nSPS) is 24.6. The summed E-state index contributed by atoms with van der Waals surface area (Å²) in [6.07, 6.45) is 2.68. The maximum Gasteiger partial charge on any atom is 0.254 e. The Morgan fingerprint density at radius 3 is 2.36 bits per heavy atom. The number of carbonyl (C=O) groups excluding carboxylic acids is 1. The maximum absolute atomic E-state index is 13.2. The zero-order valence-corrected chi connectivity index (χ0v) is 16.0. The van der Waals surface area contributed by atoms with Gasteiger partial charge in [0, 0.05) is 17.6 Å². The first-order valence-electron chi connectivity index (χ1n) is 9.46. The lowest BCUT2D eigenvalue weighted by Gasteiger charge is -2.38. The molecule has 1 N–H and O–H groups in total. The van der Waals surface area contributed by atoms with Gasteiger partial charge in [-0.15, -0.1) is 0 Å². The smallest absolute Gasteiger partial charge is 0.254 e. The van der Waals surface area contributed by atoms with Gasteiger partial charge in [-0.3, -0.25) is 4.79 Å². The highest BCUT2D eigenvalue weighted by Gasteiger charge is 2.47. The summed E-state index contributed by atoms with van der Waals surface area (Å²) in [5, 5.41) is 10.2. The number of piperidine rings is 1. The van der Waals surface area contributed by atoms with Crippen LogP contribution < -0.4 is 0 Å². The molecular weight excluding hydrogens is 376 g/mol. The third-order valence-corrected chi connectivity index (χ3v) is 8.19. The molecule has 1 aromatic heterocycles. The van der Waals surface area contributed by atoms with Gasteiger partial charge in [-0.25, -0.2) is 8.42 Å².